The van der Waals surface area contributed by atoms with Crippen LogP contribution in [0.4, 0.5) is 0 Å². The van der Waals surface area contributed by atoms with Crippen LogP contribution in [0.5, 0.6) is 5.75 Å². The topological polar surface area (TPSA) is 58.6 Å². The summed E-state index contributed by atoms with van der Waals surface area (Å²) >= 11 is 0. The highest BCUT2D eigenvalue weighted by atomic mass is 16.5. The third kappa shape index (κ3) is 3.43. The maximum absolute atomic E-state index is 12.0. The first-order valence-electron chi connectivity index (χ1n) is 8.07. The summed E-state index contributed by atoms with van der Waals surface area (Å²) in [4.78, 5) is 12.0. The third-order valence-electron chi connectivity index (χ3n) is 4.17. The van der Waals surface area contributed by atoms with Crippen molar-refractivity contribution in [3.8, 4) is 5.75 Å². The first-order chi connectivity index (χ1) is 10.3. The number of carbonyl (C=O) groups excluding carboxylic acids is 1. The van der Waals surface area contributed by atoms with Gasteiger partial charge in [0.15, 0.2) is 0 Å². The Bertz CT molecular complexity index is 552. The molecule has 1 aliphatic rings. The Hall–Kier alpha value is -1.55. The molecule has 0 saturated heterocycles. The molecule has 0 fully saturated rings. The van der Waals surface area contributed by atoms with Crippen molar-refractivity contribution in [3.63, 3.8) is 0 Å². The molecule has 0 saturated carbocycles. The lowest BCUT2D eigenvalue weighted by Gasteiger charge is -2.30. The summed E-state index contributed by atoms with van der Waals surface area (Å²) in [6.45, 7) is 10.4. The van der Waals surface area contributed by atoms with E-state index in [1.54, 1.807) is 0 Å². The van der Waals surface area contributed by atoms with E-state index in [1.165, 1.54) is 0 Å². The maximum atomic E-state index is 12.0. The molecular weight excluding hydrogens is 278 g/mol. The standard InChI is InChI=1S/C18H27NO3/c1-10(2)16(20)13-8-12(5)17-14(9-13)15(6-7-22-17)19-18(21)11(3)4/h8-11,15-16,20H,6-7H2,1-5H3,(H,19,21). The van der Waals surface area contributed by atoms with Gasteiger partial charge >= 0.3 is 0 Å². The van der Waals surface area contributed by atoms with Gasteiger partial charge in [0.1, 0.15) is 5.75 Å². The molecule has 1 heterocycles. The molecule has 0 spiro atoms. The normalized spacial score (nSPS) is 18.8. The van der Waals surface area contributed by atoms with E-state index in [0.29, 0.717) is 6.61 Å². The summed E-state index contributed by atoms with van der Waals surface area (Å²) in [5.74, 6) is 0.993. The van der Waals surface area contributed by atoms with E-state index in [-0.39, 0.29) is 23.8 Å². The smallest absolute Gasteiger partial charge is 0.223 e. The van der Waals surface area contributed by atoms with Crippen molar-refractivity contribution < 1.29 is 14.6 Å². The Labute approximate surface area is 132 Å². The molecule has 0 bridgehead atoms. The molecule has 2 unspecified atom stereocenters. The zero-order valence-electron chi connectivity index (χ0n) is 14.1. The van der Waals surface area contributed by atoms with Gasteiger partial charge in [-0.3, -0.25) is 4.79 Å². The quantitative estimate of drug-likeness (QED) is 0.897. The van der Waals surface area contributed by atoms with E-state index in [4.69, 9.17) is 4.74 Å². The average molecular weight is 305 g/mol. The van der Waals surface area contributed by atoms with Crippen LogP contribution in [0.2, 0.25) is 0 Å². The van der Waals surface area contributed by atoms with Crippen LogP contribution in [0.15, 0.2) is 12.1 Å². The van der Waals surface area contributed by atoms with Crippen LogP contribution in [0.25, 0.3) is 0 Å². The van der Waals surface area contributed by atoms with Crippen molar-refractivity contribution in [1.29, 1.82) is 0 Å². The first-order valence-corrected chi connectivity index (χ1v) is 8.07. The van der Waals surface area contributed by atoms with E-state index in [9.17, 15) is 9.90 Å². The van der Waals surface area contributed by atoms with E-state index < -0.39 is 6.10 Å². The summed E-state index contributed by atoms with van der Waals surface area (Å²) in [6.07, 6.45) is 0.249. The van der Waals surface area contributed by atoms with Gasteiger partial charge in [-0.2, -0.15) is 0 Å². The zero-order chi connectivity index (χ0) is 16.4. The Morgan fingerprint density at radius 2 is 2.00 bits per heavy atom. The van der Waals surface area contributed by atoms with E-state index in [2.05, 4.69) is 5.32 Å². The van der Waals surface area contributed by atoms with Gasteiger partial charge < -0.3 is 15.2 Å². The largest absolute Gasteiger partial charge is 0.493 e. The number of amides is 1. The van der Waals surface area contributed by atoms with Gasteiger partial charge in [0.05, 0.1) is 18.8 Å². The molecule has 0 radical (unpaired) electrons. The predicted molar refractivity (Wildman–Crippen MR) is 86.8 cm³/mol. The molecule has 4 nitrogen and oxygen atoms in total. The number of rotatable bonds is 4. The first kappa shape index (κ1) is 16.8. The minimum absolute atomic E-state index is 0.0446. The number of aliphatic hydroxyl groups excluding tert-OH is 1. The van der Waals surface area contributed by atoms with E-state index in [1.807, 2.05) is 46.8 Å². The van der Waals surface area contributed by atoms with Crippen molar-refractivity contribution in [2.24, 2.45) is 11.8 Å². The lowest BCUT2D eigenvalue weighted by atomic mass is 9.90. The van der Waals surface area contributed by atoms with Crippen LogP contribution in [0.3, 0.4) is 0 Å². The maximum Gasteiger partial charge on any atom is 0.223 e. The Morgan fingerprint density at radius 1 is 1.32 bits per heavy atom. The summed E-state index contributed by atoms with van der Waals surface area (Å²) in [5.41, 5.74) is 2.88. The number of benzene rings is 1. The van der Waals surface area contributed by atoms with Gasteiger partial charge in [0.2, 0.25) is 5.91 Å². The van der Waals surface area contributed by atoms with E-state index >= 15 is 0 Å². The SMILES string of the molecule is Cc1cc(C(O)C(C)C)cc2c1OCCC2NC(=O)C(C)C. The molecule has 22 heavy (non-hydrogen) atoms. The number of aryl methyl sites for hydroxylation is 1. The summed E-state index contributed by atoms with van der Waals surface area (Å²) in [6, 6.07) is 3.92. The van der Waals surface area contributed by atoms with Crippen molar-refractivity contribution in [2.45, 2.75) is 53.2 Å². The number of hydrogen-bond acceptors (Lipinski definition) is 3. The second-order valence-corrected chi connectivity index (χ2v) is 6.80. The fourth-order valence-electron chi connectivity index (χ4n) is 2.76. The third-order valence-corrected chi connectivity index (χ3v) is 4.17. The number of hydrogen-bond donors (Lipinski definition) is 2. The molecule has 2 rings (SSSR count). The van der Waals surface area contributed by atoms with Gasteiger partial charge in [-0.05, 0) is 36.1 Å². The van der Waals surface area contributed by atoms with Gasteiger partial charge in [-0.25, -0.2) is 0 Å². The molecule has 2 atom stereocenters. The molecular formula is C18H27NO3. The number of carbonyl (C=O) groups is 1. The Morgan fingerprint density at radius 3 is 2.59 bits per heavy atom. The summed E-state index contributed by atoms with van der Waals surface area (Å²) in [5, 5.41) is 13.4. The second kappa shape index (κ2) is 6.69. The lowest BCUT2D eigenvalue weighted by molar-refractivity contribution is -0.124. The predicted octanol–water partition coefficient (Wildman–Crippen LogP) is 3.28. The molecule has 1 aliphatic heterocycles. The van der Waals surface area contributed by atoms with Gasteiger partial charge in [-0.15, -0.1) is 0 Å². The lowest BCUT2D eigenvalue weighted by Crippen LogP contribution is -2.35. The number of fused-ring (bicyclic) bond motifs is 1. The molecule has 1 aromatic carbocycles. The number of ether oxygens (including phenoxy) is 1. The van der Waals surface area contributed by atoms with Crippen molar-refractivity contribution in [3.05, 3.63) is 28.8 Å². The number of nitrogens with one attached hydrogen (secondary N) is 1. The summed E-state index contributed by atoms with van der Waals surface area (Å²) in [7, 11) is 0. The Balaban J connectivity index is 2.37. The highest BCUT2D eigenvalue weighted by Crippen LogP contribution is 2.38. The fourth-order valence-corrected chi connectivity index (χ4v) is 2.76. The molecule has 122 valence electrons. The highest BCUT2D eigenvalue weighted by Gasteiger charge is 2.27. The van der Waals surface area contributed by atoms with Crippen LogP contribution < -0.4 is 10.1 Å². The minimum atomic E-state index is -0.507. The van der Waals surface area contributed by atoms with Crippen LogP contribution in [0, 0.1) is 18.8 Å². The van der Waals surface area contributed by atoms with Gasteiger partial charge in [-0.1, -0.05) is 27.7 Å². The average Bonchev–Trinajstić information content (AvgIpc) is 2.46. The molecule has 1 amide bonds. The molecule has 0 aromatic heterocycles. The molecule has 4 heteroatoms. The second-order valence-electron chi connectivity index (χ2n) is 6.80. The zero-order valence-corrected chi connectivity index (χ0v) is 14.1. The summed E-state index contributed by atoms with van der Waals surface area (Å²) < 4.78 is 5.79. The Kier molecular flexibility index (Phi) is 5.12. The molecule has 0 aliphatic carbocycles. The monoisotopic (exact) mass is 305 g/mol. The van der Waals surface area contributed by atoms with Crippen LogP contribution in [0.1, 0.15) is 63.0 Å². The van der Waals surface area contributed by atoms with Crippen molar-refractivity contribution in [1.82, 2.24) is 5.32 Å². The fraction of sp³-hybridized carbons (Fsp3) is 0.611. The van der Waals surface area contributed by atoms with Gasteiger partial charge in [0, 0.05) is 17.9 Å². The molecule has 1 aromatic rings. The molecule has 2 N–H and O–H groups in total. The number of aliphatic hydroxyl groups is 1. The van der Waals surface area contributed by atoms with E-state index in [0.717, 1.165) is 28.9 Å². The van der Waals surface area contributed by atoms with Crippen LogP contribution in [-0.4, -0.2) is 17.6 Å². The van der Waals surface area contributed by atoms with Crippen molar-refractivity contribution in [2.75, 3.05) is 6.61 Å². The minimum Gasteiger partial charge on any atom is -0.493 e. The van der Waals surface area contributed by atoms with Crippen molar-refractivity contribution >= 4 is 5.91 Å². The highest BCUT2D eigenvalue weighted by molar-refractivity contribution is 5.78. The van der Waals surface area contributed by atoms with Gasteiger partial charge in [0.25, 0.3) is 0 Å². The van der Waals surface area contributed by atoms with Crippen LogP contribution >= 0.6 is 0 Å². The van der Waals surface area contributed by atoms with Crippen LogP contribution in [-0.2, 0) is 4.79 Å².